The van der Waals surface area contributed by atoms with E-state index in [1.807, 2.05) is 45.0 Å². The van der Waals surface area contributed by atoms with Crippen molar-refractivity contribution in [3.8, 4) is 23.0 Å². The molecule has 3 aromatic rings. The van der Waals surface area contributed by atoms with Gasteiger partial charge in [-0.15, -0.1) is 0 Å². The molecule has 0 aliphatic heterocycles. The van der Waals surface area contributed by atoms with Gasteiger partial charge in [-0.05, 0) is 72.9 Å². The third kappa shape index (κ3) is 3.18. The van der Waals surface area contributed by atoms with Gasteiger partial charge in [0.1, 0.15) is 0 Å². The van der Waals surface area contributed by atoms with Gasteiger partial charge in [-0.25, -0.2) is 0 Å². The molecule has 0 amide bonds. The van der Waals surface area contributed by atoms with Gasteiger partial charge < -0.3 is 20.4 Å². The van der Waals surface area contributed by atoms with Gasteiger partial charge in [-0.2, -0.15) is 0 Å². The monoisotopic (exact) mass is 350 g/mol. The van der Waals surface area contributed by atoms with Gasteiger partial charge in [0, 0.05) is 5.92 Å². The van der Waals surface area contributed by atoms with E-state index >= 15 is 0 Å². The number of aromatic hydroxyl groups is 4. The second-order valence-corrected chi connectivity index (χ2v) is 6.74. The quantitative estimate of drug-likeness (QED) is 0.411. The molecule has 0 bridgehead atoms. The van der Waals surface area contributed by atoms with E-state index in [1.54, 1.807) is 12.1 Å². The first-order chi connectivity index (χ1) is 12.3. The number of phenols is 4. The van der Waals surface area contributed by atoms with E-state index in [-0.39, 0.29) is 28.9 Å². The molecular weight excluding hydrogens is 328 g/mol. The smallest absolute Gasteiger partial charge is 0.157 e. The third-order valence-electron chi connectivity index (χ3n) is 4.76. The molecule has 0 fully saturated rings. The van der Waals surface area contributed by atoms with Gasteiger partial charge in [0.2, 0.25) is 0 Å². The van der Waals surface area contributed by atoms with Crippen LogP contribution >= 0.6 is 0 Å². The molecular formula is C22H22O4. The van der Waals surface area contributed by atoms with Crippen molar-refractivity contribution in [3.05, 3.63) is 81.9 Å². The number of rotatable bonds is 3. The molecule has 26 heavy (non-hydrogen) atoms. The molecule has 3 rings (SSSR count). The summed E-state index contributed by atoms with van der Waals surface area (Å²) >= 11 is 0. The molecule has 0 heterocycles. The molecule has 3 aromatic carbocycles. The van der Waals surface area contributed by atoms with Crippen LogP contribution in [0.15, 0.2) is 48.5 Å². The van der Waals surface area contributed by atoms with Crippen LogP contribution < -0.4 is 0 Å². The number of hydrogen-bond acceptors (Lipinski definition) is 4. The lowest BCUT2D eigenvalue weighted by Gasteiger charge is -2.24. The van der Waals surface area contributed by atoms with E-state index in [9.17, 15) is 20.4 Å². The first-order valence-electron chi connectivity index (χ1n) is 8.39. The summed E-state index contributed by atoms with van der Waals surface area (Å²) in [6.45, 7) is 5.74. The zero-order valence-electron chi connectivity index (χ0n) is 15.0. The topological polar surface area (TPSA) is 80.9 Å². The molecule has 0 aromatic heterocycles. The lowest BCUT2D eigenvalue weighted by molar-refractivity contribution is 0.401. The molecule has 0 saturated carbocycles. The van der Waals surface area contributed by atoms with Crippen molar-refractivity contribution in [2.24, 2.45) is 0 Å². The van der Waals surface area contributed by atoms with Gasteiger partial charge in [0.15, 0.2) is 23.0 Å². The highest BCUT2D eigenvalue weighted by atomic mass is 16.3. The van der Waals surface area contributed by atoms with Gasteiger partial charge in [0.05, 0.1) is 0 Å². The fraction of sp³-hybridized carbons (Fsp3) is 0.182. The van der Waals surface area contributed by atoms with Crippen LogP contribution in [0, 0.1) is 20.8 Å². The normalized spacial score (nSPS) is 11.1. The summed E-state index contributed by atoms with van der Waals surface area (Å²) in [4.78, 5) is 0. The largest absolute Gasteiger partial charge is 0.504 e. The summed E-state index contributed by atoms with van der Waals surface area (Å²) in [6, 6.07) is 14.2. The minimum absolute atomic E-state index is 0.167. The molecule has 4 N–H and O–H groups in total. The third-order valence-corrected chi connectivity index (χ3v) is 4.76. The van der Waals surface area contributed by atoms with Gasteiger partial charge in [-0.3, -0.25) is 0 Å². The molecule has 4 nitrogen and oxygen atoms in total. The van der Waals surface area contributed by atoms with Crippen molar-refractivity contribution in [1.29, 1.82) is 0 Å². The van der Waals surface area contributed by atoms with Crippen molar-refractivity contribution >= 4 is 0 Å². The molecule has 134 valence electrons. The van der Waals surface area contributed by atoms with Crippen molar-refractivity contribution in [1.82, 2.24) is 0 Å². The first kappa shape index (κ1) is 17.7. The lowest BCUT2D eigenvalue weighted by Crippen LogP contribution is -2.07. The van der Waals surface area contributed by atoms with Crippen molar-refractivity contribution < 1.29 is 20.4 Å². The van der Waals surface area contributed by atoms with Crippen LogP contribution in [-0.4, -0.2) is 20.4 Å². The van der Waals surface area contributed by atoms with Crippen molar-refractivity contribution in [3.63, 3.8) is 0 Å². The van der Waals surface area contributed by atoms with E-state index in [0.717, 1.165) is 33.4 Å². The Bertz CT molecular complexity index is 901. The summed E-state index contributed by atoms with van der Waals surface area (Å²) in [7, 11) is 0. The van der Waals surface area contributed by atoms with Crippen molar-refractivity contribution in [2.75, 3.05) is 0 Å². The number of aryl methyl sites for hydroxylation is 3. The summed E-state index contributed by atoms with van der Waals surface area (Å²) in [6.07, 6.45) is 0. The van der Waals surface area contributed by atoms with E-state index in [0.29, 0.717) is 0 Å². The fourth-order valence-electron chi connectivity index (χ4n) is 3.30. The first-order valence-corrected chi connectivity index (χ1v) is 8.39. The standard InChI is InChI=1S/C22H22O4/c1-12-4-6-15(7-5-12)22(16-10-20(25)18(23)8-13(16)2)17-11-21(26)19(24)9-14(17)3/h4-11,22-26H,1-3H3. The highest BCUT2D eigenvalue weighted by molar-refractivity contribution is 5.56. The lowest BCUT2D eigenvalue weighted by atomic mass is 9.80. The molecule has 0 radical (unpaired) electrons. The molecule has 0 atom stereocenters. The van der Waals surface area contributed by atoms with Gasteiger partial charge in [-0.1, -0.05) is 29.8 Å². The maximum atomic E-state index is 10.0. The Kier molecular flexibility index (Phi) is 4.51. The molecule has 0 aliphatic carbocycles. The van der Waals surface area contributed by atoms with Crippen LogP contribution in [0.1, 0.15) is 39.3 Å². The van der Waals surface area contributed by atoms with E-state index < -0.39 is 0 Å². The Morgan fingerprint density at radius 3 is 1.38 bits per heavy atom. The van der Waals surface area contributed by atoms with Crippen LogP contribution in [-0.2, 0) is 0 Å². The predicted molar refractivity (Wildman–Crippen MR) is 101 cm³/mol. The van der Waals surface area contributed by atoms with Gasteiger partial charge >= 0.3 is 0 Å². The van der Waals surface area contributed by atoms with Crippen molar-refractivity contribution in [2.45, 2.75) is 26.7 Å². The minimum Gasteiger partial charge on any atom is -0.504 e. The van der Waals surface area contributed by atoms with Gasteiger partial charge in [0.25, 0.3) is 0 Å². The zero-order valence-corrected chi connectivity index (χ0v) is 15.0. The Hall–Kier alpha value is -3.14. The van der Waals surface area contributed by atoms with Crippen LogP contribution in [0.4, 0.5) is 0 Å². The predicted octanol–water partition coefficient (Wildman–Crippen LogP) is 4.61. The minimum atomic E-state index is -0.270. The highest BCUT2D eigenvalue weighted by Gasteiger charge is 2.23. The van der Waals surface area contributed by atoms with Crippen LogP contribution in [0.25, 0.3) is 0 Å². The highest BCUT2D eigenvalue weighted by Crippen LogP contribution is 2.42. The second kappa shape index (κ2) is 6.64. The zero-order chi connectivity index (χ0) is 19.0. The summed E-state index contributed by atoms with van der Waals surface area (Å²) in [5.74, 6) is -0.987. The number of benzene rings is 3. The summed E-state index contributed by atoms with van der Waals surface area (Å²) in [5, 5.41) is 39.7. The Morgan fingerprint density at radius 2 is 0.962 bits per heavy atom. The maximum absolute atomic E-state index is 10.0. The average molecular weight is 350 g/mol. The number of phenolic OH excluding ortho intramolecular Hbond substituents is 4. The molecule has 0 unspecified atom stereocenters. The molecule has 4 heteroatoms. The average Bonchev–Trinajstić information content (AvgIpc) is 2.58. The fourth-order valence-corrected chi connectivity index (χ4v) is 3.30. The Morgan fingerprint density at radius 1 is 0.577 bits per heavy atom. The maximum Gasteiger partial charge on any atom is 0.157 e. The SMILES string of the molecule is Cc1ccc(C(c2cc(O)c(O)cc2C)c2cc(O)c(O)cc2C)cc1. The number of hydrogen-bond donors (Lipinski definition) is 4. The molecule has 0 spiro atoms. The van der Waals surface area contributed by atoms with Crippen LogP contribution in [0.3, 0.4) is 0 Å². The van der Waals surface area contributed by atoms with E-state index in [2.05, 4.69) is 0 Å². The Labute approximate surface area is 152 Å². The Balaban J connectivity index is 2.29. The second-order valence-electron chi connectivity index (χ2n) is 6.74. The summed E-state index contributed by atoms with van der Waals surface area (Å²) < 4.78 is 0. The van der Waals surface area contributed by atoms with E-state index in [4.69, 9.17) is 0 Å². The van der Waals surface area contributed by atoms with Crippen LogP contribution in [0.2, 0.25) is 0 Å². The summed E-state index contributed by atoms with van der Waals surface area (Å²) in [5.41, 5.74) is 5.38. The van der Waals surface area contributed by atoms with E-state index in [1.165, 1.54) is 12.1 Å². The molecule has 0 aliphatic rings. The van der Waals surface area contributed by atoms with Crippen LogP contribution in [0.5, 0.6) is 23.0 Å². The molecule has 0 saturated heterocycles.